The maximum Gasteiger partial charge on any atom is 0.328 e. The summed E-state index contributed by atoms with van der Waals surface area (Å²) < 4.78 is 0. The molecule has 6 unspecified atom stereocenters. The first-order chi connectivity index (χ1) is 13.5. The van der Waals surface area contributed by atoms with E-state index in [0.29, 0.717) is 5.75 Å². The number of nitrogens with one attached hydrogen (secondary N) is 3. The molecule has 0 radical (unpaired) electrons. The van der Waals surface area contributed by atoms with Gasteiger partial charge in [0.25, 0.3) is 0 Å². The van der Waals surface area contributed by atoms with E-state index in [2.05, 4.69) is 28.6 Å². The average molecular weight is 455 g/mol. The van der Waals surface area contributed by atoms with Gasteiger partial charge in [-0.05, 0) is 32.3 Å². The summed E-state index contributed by atoms with van der Waals surface area (Å²) in [4.78, 5) is 48.1. The summed E-state index contributed by atoms with van der Waals surface area (Å²) in [5.41, 5.74) is 5.57. The number of carbonyl (C=O) groups is 4. The van der Waals surface area contributed by atoms with E-state index in [0.717, 1.165) is 0 Å². The highest BCUT2D eigenvalue weighted by Crippen LogP contribution is 2.04. The fourth-order valence-corrected chi connectivity index (χ4v) is 2.83. The van der Waals surface area contributed by atoms with Gasteiger partial charge in [0.05, 0.1) is 12.2 Å². The van der Waals surface area contributed by atoms with E-state index in [-0.39, 0.29) is 12.2 Å². The highest BCUT2D eigenvalue weighted by molar-refractivity contribution is 7.98. The zero-order valence-electron chi connectivity index (χ0n) is 16.5. The van der Waals surface area contributed by atoms with Crippen LogP contribution >= 0.6 is 24.4 Å². The Morgan fingerprint density at radius 3 is 1.90 bits per heavy atom. The largest absolute Gasteiger partial charge is 0.480 e. The van der Waals surface area contributed by atoms with Gasteiger partial charge in [-0.25, -0.2) is 4.79 Å². The number of amides is 3. The number of thioether (sulfide) groups is 1. The number of rotatable bonds is 13. The first-order valence-electron chi connectivity index (χ1n) is 8.81. The molecule has 0 heterocycles. The Morgan fingerprint density at radius 1 is 0.966 bits per heavy atom. The van der Waals surface area contributed by atoms with Crippen molar-refractivity contribution in [2.24, 2.45) is 5.73 Å². The fourth-order valence-electron chi connectivity index (χ4n) is 2.10. The number of aliphatic hydroxyl groups is 2. The summed E-state index contributed by atoms with van der Waals surface area (Å²) in [6.07, 6.45) is -0.436. The van der Waals surface area contributed by atoms with Gasteiger partial charge in [0.2, 0.25) is 17.7 Å². The van der Waals surface area contributed by atoms with Crippen LogP contribution in [0.5, 0.6) is 0 Å². The zero-order chi connectivity index (χ0) is 22.7. The summed E-state index contributed by atoms with van der Waals surface area (Å²) in [6, 6.07) is -5.02. The fraction of sp³-hybridized carbons (Fsp3) is 0.750. The van der Waals surface area contributed by atoms with Crippen LogP contribution in [0.25, 0.3) is 0 Å². The number of aliphatic hydroxyl groups excluding tert-OH is 2. The van der Waals surface area contributed by atoms with Crippen molar-refractivity contribution in [3.05, 3.63) is 0 Å². The van der Waals surface area contributed by atoms with Crippen molar-refractivity contribution in [2.75, 3.05) is 17.8 Å². The molecule has 0 bridgehead atoms. The van der Waals surface area contributed by atoms with Crippen molar-refractivity contribution in [1.82, 2.24) is 16.0 Å². The number of hydrogen-bond donors (Lipinski definition) is 8. The molecule has 13 heteroatoms. The Morgan fingerprint density at radius 2 is 1.48 bits per heavy atom. The number of hydrogen-bond acceptors (Lipinski definition) is 9. The van der Waals surface area contributed by atoms with Crippen LogP contribution in [-0.2, 0) is 19.2 Å². The van der Waals surface area contributed by atoms with Crippen molar-refractivity contribution >= 4 is 48.1 Å². The van der Waals surface area contributed by atoms with E-state index in [4.69, 9.17) is 10.8 Å². The number of carbonyl (C=O) groups excluding carboxylic acids is 3. The first-order valence-corrected chi connectivity index (χ1v) is 10.8. The van der Waals surface area contributed by atoms with Crippen LogP contribution < -0.4 is 21.7 Å². The minimum Gasteiger partial charge on any atom is -0.480 e. The monoisotopic (exact) mass is 454 g/mol. The van der Waals surface area contributed by atoms with Crippen molar-refractivity contribution < 1.29 is 34.5 Å². The molecule has 0 aromatic heterocycles. The number of thiol groups is 1. The smallest absolute Gasteiger partial charge is 0.328 e. The molecular weight excluding hydrogens is 424 g/mol. The number of nitrogens with two attached hydrogens (primary N) is 1. The third-order valence-electron chi connectivity index (χ3n) is 3.93. The van der Waals surface area contributed by atoms with Crippen LogP contribution in [0.1, 0.15) is 20.3 Å². The second-order valence-corrected chi connectivity index (χ2v) is 7.77. The van der Waals surface area contributed by atoms with Crippen LogP contribution in [0.2, 0.25) is 0 Å². The zero-order valence-corrected chi connectivity index (χ0v) is 18.2. The molecule has 8 N–H and O–H groups in total. The Bertz CT molecular complexity index is 577. The molecule has 0 saturated carbocycles. The molecule has 3 amide bonds. The summed E-state index contributed by atoms with van der Waals surface area (Å²) in [6.45, 7) is 2.54. The minimum absolute atomic E-state index is 0.153. The van der Waals surface area contributed by atoms with Crippen molar-refractivity contribution in [3.8, 4) is 0 Å². The quantitative estimate of drug-likeness (QED) is 0.137. The van der Waals surface area contributed by atoms with Crippen LogP contribution in [0.3, 0.4) is 0 Å². The van der Waals surface area contributed by atoms with E-state index in [1.807, 2.05) is 6.26 Å². The summed E-state index contributed by atoms with van der Waals surface area (Å²) in [5, 5.41) is 34.9. The molecule has 0 saturated heterocycles. The molecule has 29 heavy (non-hydrogen) atoms. The molecule has 0 rings (SSSR count). The topological polar surface area (TPSA) is 191 Å². The molecule has 0 aromatic rings. The Kier molecular flexibility index (Phi) is 12.9. The molecule has 0 spiro atoms. The number of aliphatic carboxylic acids is 1. The molecule has 6 atom stereocenters. The van der Waals surface area contributed by atoms with Crippen molar-refractivity contribution in [1.29, 1.82) is 0 Å². The third-order valence-corrected chi connectivity index (χ3v) is 4.94. The average Bonchev–Trinajstić information content (AvgIpc) is 2.65. The first kappa shape index (κ1) is 27.5. The van der Waals surface area contributed by atoms with Gasteiger partial charge in [-0.2, -0.15) is 24.4 Å². The van der Waals surface area contributed by atoms with Crippen molar-refractivity contribution in [3.63, 3.8) is 0 Å². The van der Waals surface area contributed by atoms with E-state index in [1.54, 1.807) is 0 Å². The second-order valence-electron chi connectivity index (χ2n) is 6.42. The highest BCUT2D eigenvalue weighted by Gasteiger charge is 2.31. The Balaban J connectivity index is 5.19. The highest BCUT2D eigenvalue weighted by atomic mass is 32.2. The number of carboxylic acids is 1. The molecule has 0 aliphatic rings. The van der Waals surface area contributed by atoms with Crippen molar-refractivity contribution in [2.45, 2.75) is 56.6 Å². The summed E-state index contributed by atoms with van der Waals surface area (Å²) in [7, 11) is 0. The predicted octanol–water partition coefficient (Wildman–Crippen LogP) is -2.70. The standard InChI is InChI=1S/C16H30N4O7S2/c1-7(21)11(17)15(25)18-9(4-5-29-3)13(23)19-10(6-28)14(24)20-12(8(2)22)16(26)27/h7-12,21-22,28H,4-6,17H2,1-3H3,(H,18,25)(H,19,23)(H,20,24)(H,26,27). The normalized spacial score (nSPS) is 17.2. The molecule has 11 nitrogen and oxygen atoms in total. The number of carboxylic acid groups (broad SMARTS) is 1. The van der Waals surface area contributed by atoms with E-state index in [9.17, 15) is 29.4 Å². The van der Waals surface area contributed by atoms with Gasteiger partial charge in [0, 0.05) is 5.75 Å². The lowest BCUT2D eigenvalue weighted by Gasteiger charge is -2.25. The van der Waals surface area contributed by atoms with Gasteiger partial charge in [0.1, 0.15) is 18.1 Å². The molecule has 0 aliphatic heterocycles. The van der Waals surface area contributed by atoms with E-state index < -0.39 is 60.1 Å². The van der Waals surface area contributed by atoms with Crippen LogP contribution in [0, 0.1) is 0 Å². The molecule has 168 valence electrons. The predicted molar refractivity (Wildman–Crippen MR) is 112 cm³/mol. The van der Waals surface area contributed by atoms with Crippen LogP contribution in [0.15, 0.2) is 0 Å². The summed E-state index contributed by atoms with van der Waals surface area (Å²) >= 11 is 5.43. The molecule has 0 aromatic carbocycles. The molecule has 0 aliphatic carbocycles. The lowest BCUT2D eigenvalue weighted by molar-refractivity contribution is -0.145. The lowest BCUT2D eigenvalue weighted by atomic mass is 10.1. The minimum atomic E-state index is -1.56. The van der Waals surface area contributed by atoms with Gasteiger partial charge in [-0.15, -0.1) is 0 Å². The molecular formula is C16H30N4O7S2. The van der Waals surface area contributed by atoms with E-state index in [1.165, 1.54) is 25.6 Å². The lowest BCUT2D eigenvalue weighted by Crippen LogP contribution is -2.59. The van der Waals surface area contributed by atoms with Gasteiger partial charge in [-0.3, -0.25) is 14.4 Å². The van der Waals surface area contributed by atoms with Gasteiger partial charge < -0.3 is 37.0 Å². The van der Waals surface area contributed by atoms with Gasteiger partial charge >= 0.3 is 5.97 Å². The van der Waals surface area contributed by atoms with E-state index >= 15 is 0 Å². The maximum absolute atomic E-state index is 12.6. The summed E-state index contributed by atoms with van der Waals surface area (Å²) in [5.74, 6) is -3.34. The molecule has 0 fully saturated rings. The van der Waals surface area contributed by atoms with Crippen LogP contribution in [-0.4, -0.2) is 93.1 Å². The van der Waals surface area contributed by atoms with Gasteiger partial charge in [0.15, 0.2) is 6.04 Å². The Hall–Kier alpha value is -1.54. The maximum atomic E-state index is 12.6. The van der Waals surface area contributed by atoms with Crippen LogP contribution in [0.4, 0.5) is 0 Å². The van der Waals surface area contributed by atoms with Gasteiger partial charge in [-0.1, -0.05) is 0 Å². The second kappa shape index (κ2) is 13.6. The third kappa shape index (κ3) is 9.67. The Labute approximate surface area is 179 Å². The SMILES string of the molecule is CSCCC(NC(=O)C(N)C(C)O)C(=O)NC(CS)C(=O)NC(C(=O)O)C(C)O.